The van der Waals surface area contributed by atoms with Crippen LogP contribution in [-0.4, -0.2) is 40.7 Å². The van der Waals surface area contributed by atoms with E-state index in [0.29, 0.717) is 22.6 Å². The molecule has 1 aliphatic heterocycles. The fourth-order valence-corrected chi connectivity index (χ4v) is 3.18. The molecule has 1 amide bonds. The fourth-order valence-electron chi connectivity index (χ4n) is 3.18. The number of carbonyl (C=O) groups is 3. The van der Waals surface area contributed by atoms with Crippen LogP contribution in [0.5, 0.6) is 5.75 Å². The van der Waals surface area contributed by atoms with Crippen LogP contribution in [0.4, 0.5) is 5.69 Å². The Balaban J connectivity index is 1.40. The van der Waals surface area contributed by atoms with Crippen LogP contribution in [-0.2, 0) is 9.53 Å². The van der Waals surface area contributed by atoms with Crippen LogP contribution in [0, 0.1) is 13.8 Å². The molecule has 0 saturated carbocycles. The molecule has 0 fully saturated rings. The number of amides is 1. The molecule has 0 saturated heterocycles. The van der Waals surface area contributed by atoms with E-state index < -0.39 is 12.6 Å². The third-order valence-corrected chi connectivity index (χ3v) is 4.63. The average molecular weight is 405 g/mol. The molecule has 1 N–H and O–H groups in total. The highest BCUT2D eigenvalue weighted by Crippen LogP contribution is 2.28. The van der Waals surface area contributed by atoms with Gasteiger partial charge in [0.05, 0.1) is 22.6 Å². The normalized spacial score (nSPS) is 12.5. The zero-order valence-electron chi connectivity index (χ0n) is 16.5. The predicted octanol–water partition coefficient (Wildman–Crippen LogP) is 2.86. The molecular weight excluding hydrogens is 386 g/mol. The fraction of sp³-hybridized carbons (Fsp3) is 0.182. The maximum Gasteiger partial charge on any atom is 0.338 e. The molecule has 8 nitrogen and oxygen atoms in total. The Morgan fingerprint density at radius 1 is 1.10 bits per heavy atom. The minimum absolute atomic E-state index is 0.0593. The van der Waals surface area contributed by atoms with Crippen molar-refractivity contribution in [3.8, 4) is 11.4 Å². The number of hydrogen-bond acceptors (Lipinski definition) is 6. The van der Waals surface area contributed by atoms with E-state index in [9.17, 15) is 14.4 Å². The van der Waals surface area contributed by atoms with Crippen molar-refractivity contribution in [2.45, 2.75) is 13.8 Å². The Morgan fingerprint density at radius 2 is 1.83 bits per heavy atom. The van der Waals surface area contributed by atoms with Gasteiger partial charge in [0.15, 0.2) is 19.0 Å². The van der Waals surface area contributed by atoms with Gasteiger partial charge in [-0.1, -0.05) is 0 Å². The zero-order chi connectivity index (χ0) is 21.3. The predicted molar refractivity (Wildman–Crippen MR) is 108 cm³/mol. The van der Waals surface area contributed by atoms with E-state index in [0.717, 1.165) is 17.1 Å². The van der Waals surface area contributed by atoms with Gasteiger partial charge in [0, 0.05) is 11.3 Å². The molecule has 30 heavy (non-hydrogen) atoms. The van der Waals surface area contributed by atoms with Gasteiger partial charge < -0.3 is 14.8 Å². The molecule has 2 aromatic carbocycles. The maximum atomic E-state index is 12.4. The number of nitrogens with zero attached hydrogens (tertiary/aromatic N) is 2. The molecule has 0 aliphatic carbocycles. The SMILES string of the molecule is Cc1cc(C)n(-c2ccc(C(=O)OCC(=O)c3ccc4c(c3)NC(=O)CO4)cc2)n1. The molecule has 0 bridgehead atoms. The number of Topliss-reactive ketones (excluding diaryl/α,β-unsaturated/α-hetero) is 1. The lowest BCUT2D eigenvalue weighted by molar-refractivity contribution is -0.118. The van der Waals surface area contributed by atoms with E-state index in [-0.39, 0.29) is 18.3 Å². The van der Waals surface area contributed by atoms with Gasteiger partial charge in [-0.3, -0.25) is 9.59 Å². The highest BCUT2D eigenvalue weighted by atomic mass is 16.5. The minimum atomic E-state index is -0.599. The van der Waals surface area contributed by atoms with Crippen molar-refractivity contribution < 1.29 is 23.9 Å². The lowest BCUT2D eigenvalue weighted by Gasteiger charge is -2.18. The Kier molecular flexibility index (Phi) is 5.05. The second-order valence-corrected chi connectivity index (χ2v) is 6.93. The van der Waals surface area contributed by atoms with Gasteiger partial charge in [-0.05, 0) is 62.4 Å². The molecule has 0 atom stereocenters. The highest BCUT2D eigenvalue weighted by Gasteiger charge is 2.19. The van der Waals surface area contributed by atoms with Gasteiger partial charge in [0.25, 0.3) is 5.91 Å². The molecule has 4 rings (SSSR count). The summed E-state index contributed by atoms with van der Waals surface area (Å²) in [5.41, 5.74) is 3.78. The second-order valence-electron chi connectivity index (χ2n) is 6.93. The molecule has 1 aromatic heterocycles. The van der Waals surface area contributed by atoms with Crippen LogP contribution in [0.3, 0.4) is 0 Å². The number of anilines is 1. The average Bonchev–Trinajstić information content (AvgIpc) is 3.09. The molecule has 0 radical (unpaired) electrons. The van der Waals surface area contributed by atoms with Crippen LogP contribution in [0.15, 0.2) is 48.5 Å². The van der Waals surface area contributed by atoms with Gasteiger partial charge in [-0.2, -0.15) is 5.10 Å². The minimum Gasteiger partial charge on any atom is -0.482 e. The molecule has 0 spiro atoms. The zero-order valence-corrected chi connectivity index (χ0v) is 16.5. The third kappa shape index (κ3) is 3.93. The van der Waals surface area contributed by atoms with Crippen LogP contribution in [0.1, 0.15) is 32.1 Å². The molecule has 0 unspecified atom stereocenters. The van der Waals surface area contributed by atoms with Gasteiger partial charge in [-0.25, -0.2) is 9.48 Å². The molecular formula is C22H19N3O5. The Morgan fingerprint density at radius 3 is 2.53 bits per heavy atom. The number of fused-ring (bicyclic) bond motifs is 1. The summed E-state index contributed by atoms with van der Waals surface area (Å²) in [7, 11) is 0. The topological polar surface area (TPSA) is 99.5 Å². The molecule has 2 heterocycles. The van der Waals surface area contributed by atoms with Crippen molar-refractivity contribution >= 4 is 23.3 Å². The first-order chi connectivity index (χ1) is 14.4. The Hall–Kier alpha value is -3.94. The summed E-state index contributed by atoms with van der Waals surface area (Å²) in [4.78, 5) is 36.1. The number of ketones is 1. The van der Waals surface area contributed by atoms with Crippen molar-refractivity contribution in [3.63, 3.8) is 0 Å². The summed E-state index contributed by atoms with van der Waals surface area (Å²) in [5.74, 6) is -0.781. The Labute approximate surface area is 172 Å². The number of hydrogen-bond donors (Lipinski definition) is 1. The van der Waals surface area contributed by atoms with Crippen molar-refractivity contribution in [2.75, 3.05) is 18.5 Å². The number of benzene rings is 2. The first-order valence-electron chi connectivity index (χ1n) is 9.31. The number of carbonyl (C=O) groups excluding carboxylic acids is 3. The third-order valence-electron chi connectivity index (χ3n) is 4.63. The van der Waals surface area contributed by atoms with E-state index in [4.69, 9.17) is 9.47 Å². The molecule has 8 heteroatoms. The lowest BCUT2D eigenvalue weighted by Crippen LogP contribution is -2.25. The van der Waals surface area contributed by atoms with Crippen LogP contribution < -0.4 is 10.1 Å². The lowest BCUT2D eigenvalue weighted by atomic mass is 10.1. The van der Waals surface area contributed by atoms with Gasteiger partial charge in [0.2, 0.25) is 0 Å². The van der Waals surface area contributed by atoms with Crippen molar-refractivity contribution in [3.05, 3.63) is 71.0 Å². The second kappa shape index (κ2) is 7.82. The summed E-state index contributed by atoms with van der Waals surface area (Å²) in [5, 5.41) is 7.04. The largest absolute Gasteiger partial charge is 0.482 e. The summed E-state index contributed by atoms with van der Waals surface area (Å²) in [6.07, 6.45) is 0. The molecule has 152 valence electrons. The molecule has 1 aliphatic rings. The summed E-state index contributed by atoms with van der Waals surface area (Å²) in [6.45, 7) is 3.39. The van der Waals surface area contributed by atoms with Crippen molar-refractivity contribution in [1.82, 2.24) is 9.78 Å². The van der Waals surface area contributed by atoms with E-state index in [2.05, 4.69) is 10.4 Å². The molecule has 3 aromatic rings. The van der Waals surface area contributed by atoms with Gasteiger partial charge >= 0.3 is 5.97 Å². The van der Waals surface area contributed by atoms with E-state index in [1.54, 1.807) is 41.1 Å². The number of ether oxygens (including phenoxy) is 2. The van der Waals surface area contributed by atoms with Crippen molar-refractivity contribution in [2.24, 2.45) is 0 Å². The number of rotatable bonds is 5. The number of aromatic nitrogens is 2. The van der Waals surface area contributed by atoms with Gasteiger partial charge in [-0.15, -0.1) is 0 Å². The quantitative estimate of drug-likeness (QED) is 0.518. The standard InChI is InChI=1S/C22H19N3O5/c1-13-9-14(2)25(24-13)17-6-3-15(4-7-17)22(28)30-11-19(26)16-5-8-20-18(10-16)23-21(27)12-29-20/h3-10H,11-12H2,1-2H3,(H,23,27). The maximum absolute atomic E-state index is 12.4. The summed E-state index contributed by atoms with van der Waals surface area (Å²) >= 11 is 0. The number of aryl methyl sites for hydroxylation is 2. The van der Waals surface area contributed by atoms with E-state index in [1.807, 2.05) is 19.9 Å². The Bertz CT molecular complexity index is 1150. The monoisotopic (exact) mass is 405 g/mol. The van der Waals surface area contributed by atoms with Gasteiger partial charge in [0.1, 0.15) is 5.75 Å². The van der Waals surface area contributed by atoms with E-state index >= 15 is 0 Å². The van der Waals surface area contributed by atoms with Crippen molar-refractivity contribution in [1.29, 1.82) is 0 Å². The first kappa shape index (κ1) is 19.4. The summed E-state index contributed by atoms with van der Waals surface area (Å²) < 4.78 is 12.2. The number of esters is 1. The number of nitrogens with one attached hydrogen (secondary N) is 1. The van der Waals surface area contributed by atoms with Crippen LogP contribution in [0.2, 0.25) is 0 Å². The smallest absolute Gasteiger partial charge is 0.338 e. The summed E-state index contributed by atoms with van der Waals surface area (Å²) in [6, 6.07) is 13.4. The van der Waals surface area contributed by atoms with Crippen LogP contribution in [0.25, 0.3) is 5.69 Å². The first-order valence-corrected chi connectivity index (χ1v) is 9.31. The highest BCUT2D eigenvalue weighted by molar-refractivity contribution is 6.02. The van der Waals surface area contributed by atoms with E-state index in [1.165, 1.54) is 6.07 Å². The van der Waals surface area contributed by atoms with Crippen LogP contribution >= 0.6 is 0 Å².